The second-order valence-electron chi connectivity index (χ2n) is 9.38. The van der Waals surface area contributed by atoms with Gasteiger partial charge in [0.15, 0.2) is 0 Å². The number of hydrogen-bond donors (Lipinski definition) is 2. The number of fused-ring (bicyclic) bond motifs is 5. The van der Waals surface area contributed by atoms with Gasteiger partial charge >= 0.3 is 0 Å². The summed E-state index contributed by atoms with van der Waals surface area (Å²) in [6.45, 7) is 3.20. The maximum Gasteiger partial charge on any atom is 0.259 e. The first kappa shape index (κ1) is 25.4. The van der Waals surface area contributed by atoms with E-state index in [2.05, 4.69) is 29.6 Å². The van der Waals surface area contributed by atoms with Gasteiger partial charge in [-0.2, -0.15) is 0 Å². The maximum absolute atomic E-state index is 13.3. The molecule has 35 heavy (non-hydrogen) atoms. The van der Waals surface area contributed by atoms with Crippen LogP contribution < -0.4 is 16.6 Å². The zero-order chi connectivity index (χ0) is 23.3. The van der Waals surface area contributed by atoms with E-state index in [1.54, 1.807) is 0 Å². The summed E-state index contributed by atoms with van der Waals surface area (Å²) in [5.74, 6) is 0. The molecule has 0 spiro atoms. The first-order chi connectivity index (χ1) is 16.8. The smallest absolute Gasteiger partial charge is 0.259 e. The monoisotopic (exact) mass is 490 g/mol. The quantitative estimate of drug-likeness (QED) is 0.230. The molecule has 1 aliphatic rings. The lowest BCUT2D eigenvalue weighted by Crippen LogP contribution is -2.20. The van der Waals surface area contributed by atoms with E-state index in [9.17, 15) is 4.79 Å². The molecule has 0 saturated heterocycles. The second kappa shape index (κ2) is 11.8. The van der Waals surface area contributed by atoms with Crippen LogP contribution in [0.2, 0.25) is 0 Å². The Labute approximate surface area is 213 Å². The summed E-state index contributed by atoms with van der Waals surface area (Å²) < 4.78 is 1.90. The van der Waals surface area contributed by atoms with Gasteiger partial charge in [0.05, 0.1) is 23.4 Å². The van der Waals surface area contributed by atoms with Gasteiger partial charge in [0.2, 0.25) is 0 Å². The molecule has 0 radical (unpaired) electrons. The van der Waals surface area contributed by atoms with Gasteiger partial charge < -0.3 is 15.6 Å². The molecule has 0 atom stereocenters. The van der Waals surface area contributed by atoms with Crippen molar-refractivity contribution in [2.75, 3.05) is 13.1 Å². The van der Waals surface area contributed by atoms with E-state index in [1.807, 2.05) is 34.9 Å². The molecule has 6 heteroatoms. The first-order valence-corrected chi connectivity index (χ1v) is 12.7. The molecule has 4 aromatic rings. The third-order valence-electron chi connectivity index (χ3n) is 7.05. The van der Waals surface area contributed by atoms with Crippen molar-refractivity contribution in [2.24, 2.45) is 5.73 Å². The molecule has 184 valence electrons. The highest BCUT2D eigenvalue weighted by Gasteiger charge is 2.26. The topological polar surface area (TPSA) is 72.9 Å². The van der Waals surface area contributed by atoms with Crippen LogP contribution in [0.3, 0.4) is 0 Å². The lowest BCUT2D eigenvalue weighted by atomic mass is 10.00. The zero-order valence-electron chi connectivity index (χ0n) is 20.3. The standard InChI is InChI=1S/C29H34N4O.ClH/c30-16-10-4-2-1-3-5-11-17-31-19-24-23-14-8-9-15-26(23)32-28-25(24)20-33-27(28)18-21-12-6-7-13-22(21)29(33)34;/h6-9,12-15,18,31H,1-5,10-11,16-17,19-20,30H2;1H. The Morgan fingerprint density at radius 2 is 1.57 bits per heavy atom. The molecule has 0 bridgehead atoms. The molecule has 0 unspecified atom stereocenters. The minimum Gasteiger partial charge on any atom is -0.330 e. The lowest BCUT2D eigenvalue weighted by molar-refractivity contribution is 0.558. The average Bonchev–Trinajstić information content (AvgIpc) is 3.23. The predicted molar refractivity (Wildman–Crippen MR) is 148 cm³/mol. The Balaban J connectivity index is 0.00000289. The SMILES string of the molecule is Cl.NCCCCCCCCCNCc1c2c(nc3ccccc13)-c1cc3ccccc3c(=O)n1C2. The average molecular weight is 491 g/mol. The normalized spacial score (nSPS) is 12.0. The van der Waals surface area contributed by atoms with Crippen LogP contribution in [-0.2, 0) is 13.1 Å². The van der Waals surface area contributed by atoms with Crippen LogP contribution in [0, 0.1) is 0 Å². The molecule has 0 aliphatic carbocycles. The molecule has 3 N–H and O–H groups in total. The van der Waals surface area contributed by atoms with Crippen LogP contribution in [0.25, 0.3) is 33.1 Å². The molecule has 1 aliphatic heterocycles. The lowest BCUT2D eigenvalue weighted by Gasteiger charge is -2.13. The number of para-hydroxylation sites is 1. The third kappa shape index (κ3) is 5.27. The minimum absolute atomic E-state index is 0. The fourth-order valence-corrected chi connectivity index (χ4v) is 5.20. The van der Waals surface area contributed by atoms with Gasteiger partial charge in [-0.25, -0.2) is 4.98 Å². The molecular formula is C29H35ClN4O. The number of nitrogens with one attached hydrogen (secondary N) is 1. The van der Waals surface area contributed by atoms with Crippen LogP contribution in [0.5, 0.6) is 0 Å². The number of benzene rings is 2. The molecule has 0 fully saturated rings. The number of pyridine rings is 2. The number of hydrogen-bond acceptors (Lipinski definition) is 4. The molecule has 2 aromatic heterocycles. The molecule has 3 heterocycles. The van der Waals surface area contributed by atoms with Gasteiger partial charge in [-0.05, 0) is 55.1 Å². The van der Waals surface area contributed by atoms with Crippen molar-refractivity contribution in [3.63, 3.8) is 0 Å². The highest BCUT2D eigenvalue weighted by molar-refractivity contribution is 5.91. The van der Waals surface area contributed by atoms with E-state index in [0.717, 1.165) is 53.7 Å². The number of nitrogens with two attached hydrogens (primary N) is 1. The minimum atomic E-state index is 0. The summed E-state index contributed by atoms with van der Waals surface area (Å²) in [5.41, 5.74) is 11.0. The number of aromatic nitrogens is 2. The van der Waals surface area contributed by atoms with Crippen LogP contribution in [0.1, 0.15) is 56.1 Å². The maximum atomic E-state index is 13.3. The van der Waals surface area contributed by atoms with Crippen molar-refractivity contribution in [2.45, 2.75) is 58.0 Å². The fourth-order valence-electron chi connectivity index (χ4n) is 5.20. The van der Waals surface area contributed by atoms with E-state index >= 15 is 0 Å². The van der Waals surface area contributed by atoms with Gasteiger partial charge in [0.25, 0.3) is 5.56 Å². The first-order valence-electron chi connectivity index (χ1n) is 12.7. The Bertz CT molecular complexity index is 1360. The van der Waals surface area contributed by atoms with Crippen LogP contribution in [0.15, 0.2) is 59.4 Å². The van der Waals surface area contributed by atoms with Crippen molar-refractivity contribution < 1.29 is 0 Å². The molecular weight excluding hydrogens is 456 g/mol. The number of rotatable bonds is 11. The Kier molecular flexibility index (Phi) is 8.55. The largest absolute Gasteiger partial charge is 0.330 e. The van der Waals surface area contributed by atoms with E-state index in [4.69, 9.17) is 10.7 Å². The van der Waals surface area contributed by atoms with Gasteiger partial charge in [-0.1, -0.05) is 68.5 Å². The van der Waals surface area contributed by atoms with Crippen molar-refractivity contribution >= 4 is 34.1 Å². The Morgan fingerprint density at radius 3 is 2.37 bits per heavy atom. The summed E-state index contributed by atoms with van der Waals surface area (Å²) in [6.07, 6.45) is 8.77. The van der Waals surface area contributed by atoms with Gasteiger partial charge in [-0.3, -0.25) is 4.79 Å². The molecule has 0 amide bonds. The van der Waals surface area contributed by atoms with Crippen molar-refractivity contribution in [3.8, 4) is 11.4 Å². The van der Waals surface area contributed by atoms with Crippen LogP contribution in [0.4, 0.5) is 0 Å². The van der Waals surface area contributed by atoms with Crippen molar-refractivity contribution in [3.05, 3.63) is 76.1 Å². The molecule has 5 rings (SSSR count). The summed E-state index contributed by atoms with van der Waals surface area (Å²) in [6, 6.07) is 18.3. The van der Waals surface area contributed by atoms with Crippen molar-refractivity contribution in [1.29, 1.82) is 0 Å². The summed E-state index contributed by atoms with van der Waals surface area (Å²) >= 11 is 0. The summed E-state index contributed by atoms with van der Waals surface area (Å²) in [4.78, 5) is 18.3. The van der Waals surface area contributed by atoms with Gasteiger partial charge in [0.1, 0.15) is 0 Å². The summed E-state index contributed by atoms with van der Waals surface area (Å²) in [7, 11) is 0. The predicted octanol–water partition coefficient (Wildman–Crippen LogP) is 5.78. The highest BCUT2D eigenvalue weighted by atomic mass is 35.5. The summed E-state index contributed by atoms with van der Waals surface area (Å²) in [5, 5.41) is 6.60. The van der Waals surface area contributed by atoms with Gasteiger partial charge in [-0.15, -0.1) is 12.4 Å². The third-order valence-corrected chi connectivity index (χ3v) is 7.05. The van der Waals surface area contributed by atoms with E-state index in [0.29, 0.717) is 6.54 Å². The molecule has 0 saturated carbocycles. The Morgan fingerprint density at radius 1 is 0.886 bits per heavy atom. The molecule has 2 aromatic carbocycles. The second-order valence-corrected chi connectivity index (χ2v) is 9.38. The number of unbranched alkanes of at least 4 members (excludes halogenated alkanes) is 6. The highest BCUT2D eigenvalue weighted by Crippen LogP contribution is 2.36. The van der Waals surface area contributed by atoms with E-state index in [1.165, 1.54) is 55.0 Å². The fraction of sp³-hybridized carbons (Fsp3) is 0.379. The van der Waals surface area contributed by atoms with Crippen molar-refractivity contribution in [1.82, 2.24) is 14.9 Å². The van der Waals surface area contributed by atoms with E-state index < -0.39 is 0 Å². The molecule has 5 nitrogen and oxygen atoms in total. The number of nitrogens with zero attached hydrogens (tertiary/aromatic N) is 2. The van der Waals surface area contributed by atoms with Crippen LogP contribution >= 0.6 is 12.4 Å². The van der Waals surface area contributed by atoms with Gasteiger partial charge in [0, 0.05) is 22.9 Å². The number of halogens is 1. The zero-order valence-corrected chi connectivity index (χ0v) is 21.1. The van der Waals surface area contributed by atoms with E-state index in [-0.39, 0.29) is 18.0 Å². The van der Waals surface area contributed by atoms with Crippen LogP contribution in [-0.4, -0.2) is 22.6 Å². The Hall–Kier alpha value is -2.73.